The first-order valence-corrected chi connectivity index (χ1v) is 6.20. The fraction of sp³-hybridized carbons (Fsp3) is 0.455. The summed E-state index contributed by atoms with van der Waals surface area (Å²) in [6.45, 7) is 2.40. The second kappa shape index (κ2) is 6.50. The smallest absolute Gasteiger partial charge is 0.254 e. The molecule has 5 heteroatoms. The van der Waals surface area contributed by atoms with Crippen LogP contribution < -0.4 is 5.32 Å². The molecule has 88 valence electrons. The predicted molar refractivity (Wildman–Crippen MR) is 64.8 cm³/mol. The minimum absolute atomic E-state index is 0.00703. The molecule has 0 spiro atoms. The van der Waals surface area contributed by atoms with E-state index in [-0.39, 0.29) is 11.9 Å². The molecule has 1 rings (SSSR count). The fourth-order valence-electron chi connectivity index (χ4n) is 1.32. The minimum atomic E-state index is -0.109. The average molecular weight is 240 g/mol. The normalized spacial score (nSPS) is 12.2. The van der Waals surface area contributed by atoms with Gasteiger partial charge in [0.05, 0.1) is 12.2 Å². The molecule has 0 radical (unpaired) electrons. The Morgan fingerprint density at radius 1 is 1.69 bits per heavy atom. The number of hydrogen-bond acceptors (Lipinski definition) is 4. The fourth-order valence-corrected chi connectivity index (χ4v) is 1.87. The molecule has 0 aromatic carbocycles. The Morgan fingerprint density at radius 2 is 2.44 bits per heavy atom. The van der Waals surface area contributed by atoms with Gasteiger partial charge in [0.1, 0.15) is 5.03 Å². The van der Waals surface area contributed by atoms with E-state index in [1.54, 1.807) is 25.4 Å². The van der Waals surface area contributed by atoms with E-state index in [9.17, 15) is 4.79 Å². The number of rotatable bonds is 5. The number of nitrogens with zero attached hydrogens (tertiary/aromatic N) is 1. The van der Waals surface area contributed by atoms with Crippen molar-refractivity contribution in [2.24, 2.45) is 0 Å². The lowest BCUT2D eigenvalue weighted by Gasteiger charge is -2.13. The Kier molecular flexibility index (Phi) is 5.28. The summed E-state index contributed by atoms with van der Waals surface area (Å²) in [6.07, 6.45) is 3.58. The topological polar surface area (TPSA) is 51.2 Å². The van der Waals surface area contributed by atoms with Gasteiger partial charge in [-0.1, -0.05) is 0 Å². The van der Waals surface area contributed by atoms with Crippen molar-refractivity contribution in [1.29, 1.82) is 0 Å². The van der Waals surface area contributed by atoms with E-state index in [1.165, 1.54) is 11.8 Å². The lowest BCUT2D eigenvalue weighted by molar-refractivity contribution is 0.0902. The molecule has 0 saturated heterocycles. The molecule has 1 atom stereocenters. The number of carbonyl (C=O) groups excluding carboxylic acids is 1. The summed E-state index contributed by atoms with van der Waals surface area (Å²) in [6, 6.07) is 3.52. The quantitative estimate of drug-likeness (QED) is 0.794. The number of methoxy groups -OCH3 is 1. The third-order valence-electron chi connectivity index (χ3n) is 2.00. The Bertz CT molecular complexity index is 358. The van der Waals surface area contributed by atoms with Gasteiger partial charge in [0, 0.05) is 19.3 Å². The summed E-state index contributed by atoms with van der Waals surface area (Å²) in [5, 5.41) is 3.59. The molecule has 0 aliphatic rings. The highest BCUT2D eigenvalue weighted by molar-refractivity contribution is 7.98. The number of carbonyl (C=O) groups is 1. The molecule has 0 aliphatic carbocycles. The number of amides is 1. The van der Waals surface area contributed by atoms with Crippen molar-refractivity contribution in [1.82, 2.24) is 10.3 Å². The number of thioether (sulfide) groups is 1. The highest BCUT2D eigenvalue weighted by Gasteiger charge is 2.13. The molecule has 0 fully saturated rings. The second-order valence-electron chi connectivity index (χ2n) is 3.39. The van der Waals surface area contributed by atoms with Gasteiger partial charge in [0.15, 0.2) is 0 Å². The molecule has 4 nitrogen and oxygen atoms in total. The maximum absolute atomic E-state index is 11.9. The first-order valence-electron chi connectivity index (χ1n) is 4.97. The van der Waals surface area contributed by atoms with E-state index in [4.69, 9.17) is 4.74 Å². The summed E-state index contributed by atoms with van der Waals surface area (Å²) in [5.74, 6) is -0.109. The summed E-state index contributed by atoms with van der Waals surface area (Å²) in [5.41, 5.74) is 0.609. The maximum atomic E-state index is 11.9. The van der Waals surface area contributed by atoms with Gasteiger partial charge in [-0.05, 0) is 25.3 Å². The van der Waals surface area contributed by atoms with Crippen molar-refractivity contribution in [3.8, 4) is 0 Å². The zero-order chi connectivity index (χ0) is 12.0. The van der Waals surface area contributed by atoms with Crippen LogP contribution in [0.4, 0.5) is 0 Å². The largest absolute Gasteiger partial charge is 0.383 e. The van der Waals surface area contributed by atoms with Crippen LogP contribution in [0.15, 0.2) is 23.4 Å². The van der Waals surface area contributed by atoms with Gasteiger partial charge in [-0.2, -0.15) is 0 Å². The third-order valence-corrected chi connectivity index (χ3v) is 2.72. The monoisotopic (exact) mass is 240 g/mol. The molecule has 0 saturated carbocycles. The van der Waals surface area contributed by atoms with Crippen LogP contribution in [0.25, 0.3) is 0 Å². The van der Waals surface area contributed by atoms with Gasteiger partial charge >= 0.3 is 0 Å². The molecule has 16 heavy (non-hydrogen) atoms. The Labute approximate surface area is 99.8 Å². The molecular formula is C11H16N2O2S. The van der Waals surface area contributed by atoms with Gasteiger partial charge in [0.2, 0.25) is 0 Å². The first kappa shape index (κ1) is 13.0. The Hall–Kier alpha value is -1.07. The average Bonchev–Trinajstić information content (AvgIpc) is 2.29. The highest BCUT2D eigenvalue weighted by Crippen LogP contribution is 2.16. The van der Waals surface area contributed by atoms with E-state index in [1.807, 2.05) is 13.2 Å². The van der Waals surface area contributed by atoms with Crippen LogP contribution in [0.3, 0.4) is 0 Å². The first-order chi connectivity index (χ1) is 7.69. The minimum Gasteiger partial charge on any atom is -0.383 e. The SMILES string of the molecule is COC[C@H](C)NC(=O)c1cccnc1SC. The zero-order valence-electron chi connectivity index (χ0n) is 9.69. The molecule has 1 N–H and O–H groups in total. The number of ether oxygens (including phenoxy) is 1. The van der Waals surface area contributed by atoms with Crippen molar-refractivity contribution in [3.05, 3.63) is 23.9 Å². The van der Waals surface area contributed by atoms with Crippen LogP contribution >= 0.6 is 11.8 Å². The molecule has 0 bridgehead atoms. The summed E-state index contributed by atoms with van der Waals surface area (Å²) >= 11 is 1.46. The maximum Gasteiger partial charge on any atom is 0.254 e. The number of aromatic nitrogens is 1. The number of nitrogens with one attached hydrogen (secondary N) is 1. The predicted octanol–water partition coefficient (Wildman–Crippen LogP) is 1.57. The Balaban J connectivity index is 2.72. The van der Waals surface area contributed by atoms with Crippen LogP contribution in [0.2, 0.25) is 0 Å². The zero-order valence-corrected chi connectivity index (χ0v) is 10.5. The number of pyridine rings is 1. The van der Waals surface area contributed by atoms with Crippen LogP contribution in [-0.4, -0.2) is 36.9 Å². The van der Waals surface area contributed by atoms with Crippen LogP contribution in [-0.2, 0) is 4.74 Å². The van der Waals surface area contributed by atoms with Crippen molar-refractivity contribution in [3.63, 3.8) is 0 Å². The van der Waals surface area contributed by atoms with Crippen LogP contribution in [0.5, 0.6) is 0 Å². The van der Waals surface area contributed by atoms with Gasteiger partial charge in [0.25, 0.3) is 5.91 Å². The molecule has 0 aliphatic heterocycles. The summed E-state index contributed by atoms with van der Waals surface area (Å²) in [7, 11) is 1.61. The van der Waals surface area contributed by atoms with Crippen LogP contribution in [0.1, 0.15) is 17.3 Å². The standard InChI is InChI=1S/C11H16N2O2S/c1-8(7-15-2)13-10(14)9-5-4-6-12-11(9)16-3/h4-6,8H,7H2,1-3H3,(H,13,14)/t8-/m0/s1. The molecule has 1 aromatic heterocycles. The van der Waals surface area contributed by atoms with Crippen molar-refractivity contribution >= 4 is 17.7 Å². The van der Waals surface area contributed by atoms with Gasteiger partial charge in [-0.15, -0.1) is 11.8 Å². The molecule has 1 aromatic rings. The van der Waals surface area contributed by atoms with E-state index in [0.29, 0.717) is 12.2 Å². The van der Waals surface area contributed by atoms with Crippen LogP contribution in [0, 0.1) is 0 Å². The van der Waals surface area contributed by atoms with E-state index in [2.05, 4.69) is 10.3 Å². The second-order valence-corrected chi connectivity index (χ2v) is 4.19. The van der Waals surface area contributed by atoms with Gasteiger partial charge < -0.3 is 10.1 Å². The van der Waals surface area contributed by atoms with E-state index >= 15 is 0 Å². The van der Waals surface area contributed by atoms with E-state index in [0.717, 1.165) is 5.03 Å². The summed E-state index contributed by atoms with van der Waals surface area (Å²) in [4.78, 5) is 16.0. The highest BCUT2D eigenvalue weighted by atomic mass is 32.2. The van der Waals surface area contributed by atoms with E-state index < -0.39 is 0 Å². The molecular weight excluding hydrogens is 224 g/mol. The molecule has 1 heterocycles. The lowest BCUT2D eigenvalue weighted by atomic mass is 10.2. The molecule has 0 unspecified atom stereocenters. The molecule has 1 amide bonds. The Morgan fingerprint density at radius 3 is 3.06 bits per heavy atom. The van der Waals surface area contributed by atoms with Gasteiger partial charge in [-0.3, -0.25) is 4.79 Å². The lowest BCUT2D eigenvalue weighted by Crippen LogP contribution is -2.35. The van der Waals surface area contributed by atoms with Crippen molar-refractivity contribution < 1.29 is 9.53 Å². The summed E-state index contributed by atoms with van der Waals surface area (Å²) < 4.78 is 4.96. The number of hydrogen-bond donors (Lipinski definition) is 1. The van der Waals surface area contributed by atoms with Crippen molar-refractivity contribution in [2.75, 3.05) is 20.0 Å². The van der Waals surface area contributed by atoms with Gasteiger partial charge in [-0.25, -0.2) is 4.98 Å². The third kappa shape index (κ3) is 3.50. The van der Waals surface area contributed by atoms with Crippen molar-refractivity contribution in [2.45, 2.75) is 18.0 Å².